The van der Waals surface area contributed by atoms with Crippen LogP contribution in [0.5, 0.6) is 0 Å². The van der Waals surface area contributed by atoms with E-state index < -0.39 is 21.4 Å². The molecule has 5 nitrogen and oxygen atoms in total. The van der Waals surface area contributed by atoms with E-state index in [0.29, 0.717) is 22.4 Å². The number of fused-ring (bicyclic) bond motifs is 2. The fourth-order valence-electron chi connectivity index (χ4n) is 4.47. The molecule has 150 valence electrons. The van der Waals surface area contributed by atoms with E-state index in [4.69, 9.17) is 4.74 Å². The molecule has 3 aromatic rings. The first kappa shape index (κ1) is 18.6. The van der Waals surface area contributed by atoms with Crippen LogP contribution in [-0.2, 0) is 25.0 Å². The smallest absolute Gasteiger partial charge is 0.332 e. The van der Waals surface area contributed by atoms with E-state index in [-0.39, 0.29) is 17.2 Å². The monoisotopic (exact) mass is 417 g/mol. The lowest BCUT2D eigenvalue weighted by Gasteiger charge is -2.35. The van der Waals surface area contributed by atoms with E-state index in [2.05, 4.69) is 0 Å². The van der Waals surface area contributed by atoms with Gasteiger partial charge >= 0.3 is 5.97 Å². The van der Waals surface area contributed by atoms with Crippen LogP contribution in [-0.4, -0.2) is 20.9 Å². The minimum atomic E-state index is -4.03. The molecule has 0 atom stereocenters. The van der Waals surface area contributed by atoms with Crippen molar-refractivity contribution in [3.63, 3.8) is 0 Å². The summed E-state index contributed by atoms with van der Waals surface area (Å²) in [6, 6.07) is 25.1. The lowest BCUT2D eigenvalue weighted by Crippen LogP contribution is -2.44. The molecule has 0 fully saturated rings. The van der Waals surface area contributed by atoms with Gasteiger partial charge in [0, 0.05) is 12.1 Å². The maximum atomic E-state index is 13.9. The molecule has 0 saturated carbocycles. The van der Waals surface area contributed by atoms with Gasteiger partial charge in [-0.25, -0.2) is 13.2 Å². The first-order valence-corrected chi connectivity index (χ1v) is 11.2. The molecule has 0 aliphatic carbocycles. The Hall–Kier alpha value is -3.38. The van der Waals surface area contributed by atoms with Gasteiger partial charge in [-0.1, -0.05) is 72.8 Å². The predicted octanol–water partition coefficient (Wildman–Crippen LogP) is 4.07. The number of hydrogen-bond acceptors (Lipinski definition) is 4. The van der Waals surface area contributed by atoms with Crippen molar-refractivity contribution in [1.82, 2.24) is 0 Å². The van der Waals surface area contributed by atoms with E-state index in [1.165, 1.54) is 4.31 Å². The number of esters is 1. The number of sulfonamides is 1. The first-order valence-electron chi connectivity index (χ1n) is 9.73. The van der Waals surface area contributed by atoms with Gasteiger partial charge < -0.3 is 4.74 Å². The molecule has 0 saturated heterocycles. The molecule has 0 amide bonds. The zero-order valence-electron chi connectivity index (χ0n) is 16.3. The zero-order chi connectivity index (χ0) is 20.9. The Morgan fingerprint density at radius 3 is 1.93 bits per heavy atom. The fourth-order valence-corrected chi connectivity index (χ4v) is 6.54. The maximum absolute atomic E-state index is 13.9. The normalized spacial score (nSPS) is 18.6. The summed E-state index contributed by atoms with van der Waals surface area (Å²) in [7, 11) is -4.03. The van der Waals surface area contributed by atoms with Crippen molar-refractivity contribution in [1.29, 1.82) is 0 Å². The molecule has 0 N–H and O–H groups in total. The van der Waals surface area contributed by atoms with Gasteiger partial charge in [0.25, 0.3) is 10.0 Å². The van der Waals surface area contributed by atoms with Crippen molar-refractivity contribution >= 4 is 27.4 Å². The molecule has 0 aromatic heterocycles. The molecule has 2 heterocycles. The highest BCUT2D eigenvalue weighted by atomic mass is 32.2. The zero-order valence-corrected chi connectivity index (χ0v) is 17.1. The number of carbonyl (C=O) groups is 1. The Bertz CT molecular complexity index is 1240. The molecule has 0 unspecified atom stereocenters. The van der Waals surface area contributed by atoms with Gasteiger partial charge in [-0.15, -0.1) is 0 Å². The molecule has 2 aliphatic heterocycles. The van der Waals surface area contributed by atoms with Crippen LogP contribution in [0.25, 0.3) is 5.76 Å². The highest BCUT2D eigenvalue weighted by Crippen LogP contribution is 2.55. The molecule has 2 aliphatic rings. The number of anilines is 1. The molecule has 3 aromatic carbocycles. The third-order valence-electron chi connectivity index (χ3n) is 5.71. The third kappa shape index (κ3) is 2.28. The number of ether oxygens (including phenoxy) is 1. The number of carbonyl (C=O) groups excluding carboxylic acids is 1. The molecule has 0 radical (unpaired) electrons. The van der Waals surface area contributed by atoms with Gasteiger partial charge in [-0.3, -0.25) is 4.31 Å². The summed E-state index contributed by atoms with van der Waals surface area (Å²) in [6.45, 7) is 2.02. The number of nitrogens with zero attached hydrogens (tertiary/aromatic N) is 1. The average Bonchev–Trinajstić information content (AvgIpc) is 3.10. The van der Waals surface area contributed by atoms with Crippen LogP contribution in [0.4, 0.5) is 5.69 Å². The summed E-state index contributed by atoms with van der Waals surface area (Å²) >= 11 is 0. The van der Waals surface area contributed by atoms with Gasteiger partial charge in [0.15, 0.2) is 11.2 Å². The van der Waals surface area contributed by atoms with Crippen molar-refractivity contribution in [2.75, 3.05) is 10.8 Å². The summed E-state index contributed by atoms with van der Waals surface area (Å²) in [5.41, 5.74) is 0.669. The Morgan fingerprint density at radius 1 is 0.833 bits per heavy atom. The Kier molecular flexibility index (Phi) is 4.08. The summed E-state index contributed by atoms with van der Waals surface area (Å²) in [6.07, 6.45) is 0. The number of benzene rings is 3. The Balaban J connectivity index is 1.95. The SMILES string of the molecule is CCN1c2ccccc2C2=C(C(c3ccccc3)(c3ccccc3)C(=O)O2)S1(=O)=O. The molecule has 30 heavy (non-hydrogen) atoms. The number of hydrogen-bond donors (Lipinski definition) is 0. The van der Waals surface area contributed by atoms with Crippen LogP contribution in [0.15, 0.2) is 89.8 Å². The third-order valence-corrected chi connectivity index (χ3v) is 7.76. The van der Waals surface area contributed by atoms with Gasteiger partial charge in [-0.05, 0) is 30.2 Å². The summed E-state index contributed by atoms with van der Waals surface area (Å²) < 4.78 is 35.0. The standard InChI is InChI=1S/C24H19NO4S/c1-2-25-20-16-10-9-15-19(20)21-22(30(25,27)28)24(23(26)29-21,17-11-5-3-6-12-17)18-13-7-4-8-14-18/h3-16H,2H2,1H3. The van der Waals surface area contributed by atoms with Crippen molar-refractivity contribution in [2.24, 2.45) is 0 Å². The topological polar surface area (TPSA) is 63.7 Å². The molecular formula is C24H19NO4S. The van der Waals surface area contributed by atoms with Gasteiger partial charge in [0.2, 0.25) is 0 Å². The fraction of sp³-hybridized carbons (Fsp3) is 0.125. The van der Waals surface area contributed by atoms with Crippen molar-refractivity contribution < 1.29 is 17.9 Å². The second kappa shape index (κ2) is 6.57. The number of rotatable bonds is 3. The second-order valence-corrected chi connectivity index (χ2v) is 9.02. The molecule has 5 rings (SSSR count). The van der Waals surface area contributed by atoms with Crippen LogP contribution in [0.1, 0.15) is 23.6 Å². The highest BCUT2D eigenvalue weighted by molar-refractivity contribution is 7.97. The lowest BCUT2D eigenvalue weighted by atomic mass is 9.74. The van der Waals surface area contributed by atoms with E-state index in [1.54, 1.807) is 73.7 Å². The van der Waals surface area contributed by atoms with Crippen molar-refractivity contribution in [3.8, 4) is 0 Å². The van der Waals surface area contributed by atoms with Crippen molar-refractivity contribution in [2.45, 2.75) is 12.3 Å². The van der Waals surface area contributed by atoms with Gasteiger partial charge in [0.05, 0.1) is 5.69 Å². The van der Waals surface area contributed by atoms with Crippen LogP contribution in [0.2, 0.25) is 0 Å². The van der Waals surface area contributed by atoms with E-state index in [0.717, 1.165) is 0 Å². The first-order chi connectivity index (χ1) is 14.5. The summed E-state index contributed by atoms with van der Waals surface area (Å²) in [4.78, 5) is 13.6. The minimum absolute atomic E-state index is 0.0158. The predicted molar refractivity (Wildman–Crippen MR) is 115 cm³/mol. The number of para-hydroxylation sites is 1. The summed E-state index contributed by atoms with van der Waals surface area (Å²) in [5.74, 6) is -0.491. The molecule has 0 spiro atoms. The second-order valence-electron chi connectivity index (χ2n) is 7.22. The van der Waals surface area contributed by atoms with E-state index in [1.807, 2.05) is 18.2 Å². The lowest BCUT2D eigenvalue weighted by molar-refractivity contribution is -0.138. The van der Waals surface area contributed by atoms with E-state index >= 15 is 0 Å². The molecule has 0 bridgehead atoms. The molecule has 6 heteroatoms. The molecular weight excluding hydrogens is 398 g/mol. The summed E-state index contributed by atoms with van der Waals surface area (Å²) in [5, 5.41) is 0. The maximum Gasteiger partial charge on any atom is 0.332 e. The van der Waals surface area contributed by atoms with Crippen LogP contribution < -0.4 is 4.31 Å². The van der Waals surface area contributed by atoms with Crippen LogP contribution >= 0.6 is 0 Å². The van der Waals surface area contributed by atoms with Gasteiger partial charge in [-0.2, -0.15) is 0 Å². The largest absolute Gasteiger partial charge is 0.423 e. The Morgan fingerprint density at radius 2 is 1.37 bits per heavy atom. The van der Waals surface area contributed by atoms with Crippen molar-refractivity contribution in [3.05, 3.63) is 107 Å². The highest BCUT2D eigenvalue weighted by Gasteiger charge is 2.61. The van der Waals surface area contributed by atoms with Crippen LogP contribution in [0, 0.1) is 0 Å². The quantitative estimate of drug-likeness (QED) is 0.603. The average molecular weight is 417 g/mol. The van der Waals surface area contributed by atoms with Gasteiger partial charge in [0.1, 0.15) is 4.91 Å². The minimum Gasteiger partial charge on any atom is -0.423 e. The van der Waals surface area contributed by atoms with Crippen LogP contribution in [0.3, 0.4) is 0 Å². The van der Waals surface area contributed by atoms with E-state index in [9.17, 15) is 13.2 Å². The Labute approximate surface area is 175 Å².